The van der Waals surface area contributed by atoms with Crippen molar-refractivity contribution in [2.45, 2.75) is 19.9 Å². The minimum absolute atomic E-state index is 0.112. The van der Waals surface area contributed by atoms with Gasteiger partial charge < -0.3 is 11.1 Å². The van der Waals surface area contributed by atoms with Gasteiger partial charge in [0.2, 0.25) is 0 Å². The van der Waals surface area contributed by atoms with Crippen LogP contribution in [-0.2, 0) is 0 Å². The maximum Gasteiger partial charge on any atom is 0.115 e. The fraction of sp³-hybridized carbons (Fsp3) is 0.231. The zero-order valence-corrected chi connectivity index (χ0v) is 13.8. The largest absolute Gasteiger partial charge is 0.389 e. The van der Waals surface area contributed by atoms with Crippen LogP contribution in [0.15, 0.2) is 28.9 Å². The van der Waals surface area contributed by atoms with E-state index in [9.17, 15) is 0 Å². The minimum atomic E-state index is 0.112. The van der Waals surface area contributed by atoms with Crippen LogP contribution in [0.25, 0.3) is 0 Å². The molecule has 1 aromatic heterocycles. The van der Waals surface area contributed by atoms with Gasteiger partial charge in [0, 0.05) is 26.8 Å². The molecule has 1 atom stereocenters. The Hall–Kier alpha value is -0.980. The van der Waals surface area contributed by atoms with E-state index in [4.69, 9.17) is 18.0 Å². The monoisotopic (exact) mass is 355 g/mol. The van der Waals surface area contributed by atoms with Gasteiger partial charge >= 0.3 is 0 Å². The van der Waals surface area contributed by atoms with Gasteiger partial charge in [-0.05, 0) is 32.0 Å². The highest BCUT2D eigenvalue weighted by Crippen LogP contribution is 2.27. The summed E-state index contributed by atoms with van der Waals surface area (Å²) in [6.45, 7) is 4.12. The molecule has 100 valence electrons. The van der Waals surface area contributed by atoms with Gasteiger partial charge in [-0.25, -0.2) is 4.98 Å². The van der Waals surface area contributed by atoms with Crippen LogP contribution in [0.4, 0.5) is 5.69 Å². The molecule has 0 amide bonds. The summed E-state index contributed by atoms with van der Waals surface area (Å²) in [5, 5.41) is 4.46. The molecule has 2 rings (SSSR count). The van der Waals surface area contributed by atoms with E-state index < -0.39 is 0 Å². The van der Waals surface area contributed by atoms with Crippen molar-refractivity contribution in [1.82, 2.24) is 4.98 Å². The number of rotatable bonds is 4. The third kappa shape index (κ3) is 3.52. The number of aryl methyl sites for hydroxylation is 1. The number of nitrogens with zero attached hydrogens (tertiary/aromatic N) is 1. The van der Waals surface area contributed by atoms with Crippen molar-refractivity contribution in [3.63, 3.8) is 0 Å². The van der Waals surface area contributed by atoms with E-state index in [1.165, 1.54) is 4.88 Å². The van der Waals surface area contributed by atoms with Crippen LogP contribution in [0.1, 0.15) is 28.4 Å². The smallest absolute Gasteiger partial charge is 0.115 e. The van der Waals surface area contributed by atoms with E-state index in [0.29, 0.717) is 4.99 Å². The van der Waals surface area contributed by atoms with Crippen LogP contribution in [0, 0.1) is 6.92 Å². The Morgan fingerprint density at radius 3 is 2.84 bits per heavy atom. The molecule has 19 heavy (non-hydrogen) atoms. The van der Waals surface area contributed by atoms with Crippen molar-refractivity contribution in [3.8, 4) is 0 Å². The third-order valence-corrected chi connectivity index (χ3v) is 4.44. The van der Waals surface area contributed by atoms with Crippen molar-refractivity contribution in [2.75, 3.05) is 5.32 Å². The summed E-state index contributed by atoms with van der Waals surface area (Å²) in [6.07, 6.45) is 1.88. The summed E-state index contributed by atoms with van der Waals surface area (Å²) in [7, 11) is 0. The molecule has 1 unspecified atom stereocenters. The predicted molar refractivity (Wildman–Crippen MR) is 88.9 cm³/mol. The molecule has 0 aliphatic heterocycles. The van der Waals surface area contributed by atoms with Crippen LogP contribution in [0.3, 0.4) is 0 Å². The molecule has 3 N–H and O–H groups in total. The molecule has 0 bridgehead atoms. The molecule has 0 radical (unpaired) electrons. The lowest BCUT2D eigenvalue weighted by molar-refractivity contribution is 0.869. The van der Waals surface area contributed by atoms with Gasteiger partial charge in [-0.1, -0.05) is 28.1 Å². The summed E-state index contributed by atoms with van der Waals surface area (Å²) >= 11 is 10.2. The van der Waals surface area contributed by atoms with E-state index >= 15 is 0 Å². The Bertz CT molecular complexity index is 610. The molecule has 0 spiro atoms. The Labute approximate surface area is 130 Å². The van der Waals surface area contributed by atoms with E-state index in [-0.39, 0.29) is 6.04 Å². The average Bonchev–Trinajstić information content (AvgIpc) is 2.75. The number of thiazole rings is 1. The number of anilines is 1. The van der Waals surface area contributed by atoms with Crippen molar-refractivity contribution in [1.29, 1.82) is 0 Å². The van der Waals surface area contributed by atoms with Crippen LogP contribution in [0.5, 0.6) is 0 Å². The van der Waals surface area contributed by atoms with Gasteiger partial charge in [-0.3, -0.25) is 0 Å². The lowest BCUT2D eigenvalue weighted by Crippen LogP contribution is -2.15. The number of halogens is 1. The standard InChI is InChI=1S/C13H14BrN3S2/c1-7-6-16-13(19-7)8(2)17-11-5-9(14)3-4-10(11)12(15)18/h3-6,8,17H,1-2H3,(H2,15,18). The summed E-state index contributed by atoms with van der Waals surface area (Å²) in [5.74, 6) is 0. The number of benzene rings is 1. The summed E-state index contributed by atoms with van der Waals surface area (Å²) in [6, 6.07) is 5.93. The Kier molecular flexibility index (Phi) is 4.54. The van der Waals surface area contributed by atoms with E-state index in [2.05, 4.69) is 33.2 Å². The van der Waals surface area contributed by atoms with Gasteiger partial charge in [0.15, 0.2) is 0 Å². The second-order valence-corrected chi connectivity index (χ2v) is 6.85. The highest BCUT2D eigenvalue weighted by atomic mass is 79.9. The average molecular weight is 356 g/mol. The first kappa shape index (κ1) is 14.4. The van der Waals surface area contributed by atoms with Crippen LogP contribution >= 0.6 is 39.5 Å². The third-order valence-electron chi connectivity index (χ3n) is 2.63. The Morgan fingerprint density at radius 1 is 1.53 bits per heavy atom. The highest BCUT2D eigenvalue weighted by Gasteiger charge is 2.13. The van der Waals surface area contributed by atoms with Gasteiger partial charge in [0.25, 0.3) is 0 Å². The molecule has 1 heterocycles. The van der Waals surface area contributed by atoms with Crippen molar-refractivity contribution < 1.29 is 0 Å². The number of aromatic nitrogens is 1. The summed E-state index contributed by atoms with van der Waals surface area (Å²) in [4.78, 5) is 5.98. The molecule has 0 saturated heterocycles. The van der Waals surface area contributed by atoms with Gasteiger partial charge in [-0.2, -0.15) is 0 Å². The van der Waals surface area contributed by atoms with Crippen molar-refractivity contribution >= 4 is 50.2 Å². The van der Waals surface area contributed by atoms with Crippen molar-refractivity contribution in [3.05, 3.63) is 44.3 Å². The molecule has 0 fully saturated rings. The zero-order valence-electron chi connectivity index (χ0n) is 10.6. The maximum atomic E-state index is 5.75. The van der Waals surface area contributed by atoms with Crippen molar-refractivity contribution in [2.24, 2.45) is 5.73 Å². The summed E-state index contributed by atoms with van der Waals surface area (Å²) < 4.78 is 0.984. The fourth-order valence-electron chi connectivity index (χ4n) is 1.72. The number of hydrogen-bond donors (Lipinski definition) is 2. The molecule has 1 aromatic carbocycles. The summed E-state index contributed by atoms with van der Waals surface area (Å²) in [5.41, 5.74) is 7.51. The molecular weight excluding hydrogens is 342 g/mol. The lowest BCUT2D eigenvalue weighted by atomic mass is 10.1. The molecule has 2 aromatic rings. The van der Waals surface area contributed by atoms with Gasteiger partial charge in [0.1, 0.15) is 10.00 Å². The minimum Gasteiger partial charge on any atom is -0.389 e. The maximum absolute atomic E-state index is 5.75. The quantitative estimate of drug-likeness (QED) is 0.813. The van der Waals surface area contributed by atoms with E-state index in [0.717, 1.165) is 20.7 Å². The van der Waals surface area contributed by atoms with Gasteiger partial charge in [0.05, 0.1) is 6.04 Å². The first-order chi connectivity index (χ1) is 8.97. The van der Waals surface area contributed by atoms with Crippen LogP contribution in [-0.4, -0.2) is 9.97 Å². The molecule has 0 aliphatic rings. The molecule has 6 heteroatoms. The molecular formula is C13H14BrN3S2. The number of nitrogens with two attached hydrogens (primary N) is 1. The number of thiocarbonyl (C=S) groups is 1. The van der Waals surface area contributed by atoms with E-state index in [1.54, 1.807) is 11.3 Å². The van der Waals surface area contributed by atoms with E-state index in [1.807, 2.05) is 31.3 Å². The SMILES string of the molecule is Cc1cnc(C(C)Nc2cc(Br)ccc2C(N)=S)s1. The fourth-order valence-corrected chi connectivity index (χ4v) is 3.03. The zero-order chi connectivity index (χ0) is 14.0. The first-order valence-corrected chi connectivity index (χ1v) is 7.77. The molecule has 3 nitrogen and oxygen atoms in total. The first-order valence-electron chi connectivity index (χ1n) is 5.75. The van der Waals surface area contributed by atoms with Gasteiger partial charge in [-0.15, -0.1) is 11.3 Å². The molecule has 0 saturated carbocycles. The number of hydrogen-bond acceptors (Lipinski definition) is 4. The highest BCUT2D eigenvalue weighted by molar-refractivity contribution is 9.10. The Morgan fingerprint density at radius 2 is 2.26 bits per heavy atom. The van der Waals surface area contributed by atoms with Crippen LogP contribution in [0.2, 0.25) is 0 Å². The normalized spacial score (nSPS) is 12.2. The lowest BCUT2D eigenvalue weighted by Gasteiger charge is -2.16. The second kappa shape index (κ2) is 5.98. The Balaban J connectivity index is 2.27. The molecule has 0 aliphatic carbocycles. The predicted octanol–water partition coefficient (Wildman–Crippen LogP) is 4.02. The van der Waals surface area contributed by atoms with Crippen LogP contribution < -0.4 is 11.1 Å². The topological polar surface area (TPSA) is 50.9 Å². The second-order valence-electron chi connectivity index (χ2n) is 4.23. The number of nitrogens with one attached hydrogen (secondary N) is 1.